The highest BCUT2D eigenvalue weighted by molar-refractivity contribution is 5.94. The molecule has 148 valence electrons. The first-order valence-corrected chi connectivity index (χ1v) is 9.67. The SMILES string of the molecule is Cc1ccccc1-c1cnc(Oc2ccc(C(=O)NCc3ccccc3)cc2)nc1. The van der Waals surface area contributed by atoms with Crippen LogP contribution in [-0.4, -0.2) is 15.9 Å². The molecule has 3 aromatic carbocycles. The van der Waals surface area contributed by atoms with Crippen LogP contribution in [0, 0.1) is 6.92 Å². The Morgan fingerprint density at radius 1 is 0.867 bits per heavy atom. The molecule has 0 radical (unpaired) electrons. The maximum absolute atomic E-state index is 12.3. The van der Waals surface area contributed by atoms with Crippen molar-refractivity contribution in [1.82, 2.24) is 15.3 Å². The van der Waals surface area contributed by atoms with E-state index in [1.165, 1.54) is 0 Å². The van der Waals surface area contributed by atoms with Crippen molar-refractivity contribution in [2.24, 2.45) is 0 Å². The third-order valence-electron chi connectivity index (χ3n) is 4.71. The molecule has 0 fully saturated rings. The fourth-order valence-electron chi connectivity index (χ4n) is 3.06. The third-order valence-corrected chi connectivity index (χ3v) is 4.71. The van der Waals surface area contributed by atoms with Crippen molar-refractivity contribution in [2.45, 2.75) is 13.5 Å². The van der Waals surface area contributed by atoms with Gasteiger partial charge in [-0.2, -0.15) is 0 Å². The zero-order valence-corrected chi connectivity index (χ0v) is 16.6. The highest BCUT2D eigenvalue weighted by Crippen LogP contribution is 2.24. The lowest BCUT2D eigenvalue weighted by atomic mass is 10.0. The number of carbonyl (C=O) groups is 1. The number of benzene rings is 3. The van der Waals surface area contributed by atoms with Crippen molar-refractivity contribution in [2.75, 3.05) is 0 Å². The summed E-state index contributed by atoms with van der Waals surface area (Å²) < 4.78 is 5.71. The van der Waals surface area contributed by atoms with Gasteiger partial charge in [-0.25, -0.2) is 9.97 Å². The number of nitrogens with zero attached hydrogens (tertiary/aromatic N) is 2. The number of rotatable bonds is 6. The summed E-state index contributed by atoms with van der Waals surface area (Å²) >= 11 is 0. The number of aryl methyl sites for hydroxylation is 1. The second kappa shape index (κ2) is 9.01. The minimum Gasteiger partial charge on any atom is -0.424 e. The Balaban J connectivity index is 1.37. The van der Waals surface area contributed by atoms with Gasteiger partial charge in [-0.3, -0.25) is 4.79 Å². The van der Waals surface area contributed by atoms with E-state index in [2.05, 4.69) is 28.3 Å². The summed E-state index contributed by atoms with van der Waals surface area (Å²) in [5.41, 5.74) is 4.81. The molecule has 30 heavy (non-hydrogen) atoms. The average molecular weight is 395 g/mol. The maximum atomic E-state index is 12.3. The maximum Gasteiger partial charge on any atom is 0.321 e. The van der Waals surface area contributed by atoms with E-state index in [1.54, 1.807) is 36.7 Å². The zero-order chi connectivity index (χ0) is 20.8. The Kier molecular flexibility index (Phi) is 5.80. The van der Waals surface area contributed by atoms with Gasteiger partial charge in [-0.05, 0) is 47.9 Å². The van der Waals surface area contributed by atoms with Gasteiger partial charge in [-0.15, -0.1) is 0 Å². The average Bonchev–Trinajstić information content (AvgIpc) is 2.80. The molecule has 0 aliphatic rings. The fourth-order valence-corrected chi connectivity index (χ4v) is 3.06. The van der Waals surface area contributed by atoms with Crippen molar-refractivity contribution in [3.8, 4) is 22.9 Å². The van der Waals surface area contributed by atoms with Gasteiger partial charge < -0.3 is 10.1 Å². The normalized spacial score (nSPS) is 10.4. The van der Waals surface area contributed by atoms with E-state index in [-0.39, 0.29) is 11.9 Å². The molecule has 0 aliphatic heterocycles. The molecule has 0 saturated heterocycles. The predicted molar refractivity (Wildman–Crippen MR) is 116 cm³/mol. The van der Waals surface area contributed by atoms with Crippen molar-refractivity contribution in [3.05, 3.63) is 108 Å². The minimum atomic E-state index is -0.135. The first kappa shape index (κ1) is 19.3. The Hall–Kier alpha value is -3.99. The van der Waals surface area contributed by atoms with Crippen LogP contribution in [0.4, 0.5) is 0 Å². The topological polar surface area (TPSA) is 64.1 Å². The number of hydrogen-bond donors (Lipinski definition) is 1. The van der Waals surface area contributed by atoms with Crippen molar-refractivity contribution in [1.29, 1.82) is 0 Å². The monoisotopic (exact) mass is 395 g/mol. The third kappa shape index (κ3) is 4.70. The number of aromatic nitrogens is 2. The van der Waals surface area contributed by atoms with Crippen LogP contribution in [0.3, 0.4) is 0 Å². The molecule has 1 heterocycles. The zero-order valence-electron chi connectivity index (χ0n) is 16.6. The van der Waals surface area contributed by atoms with Gasteiger partial charge in [0.15, 0.2) is 0 Å². The molecule has 0 atom stereocenters. The molecule has 0 saturated carbocycles. The van der Waals surface area contributed by atoms with Crippen LogP contribution in [0.5, 0.6) is 11.8 Å². The van der Waals surface area contributed by atoms with Gasteiger partial charge in [0, 0.05) is 30.1 Å². The molecule has 0 bridgehead atoms. The van der Waals surface area contributed by atoms with Crippen molar-refractivity contribution < 1.29 is 9.53 Å². The van der Waals surface area contributed by atoms with Gasteiger partial charge in [-0.1, -0.05) is 54.6 Å². The molecule has 1 aromatic heterocycles. The summed E-state index contributed by atoms with van der Waals surface area (Å²) in [4.78, 5) is 20.9. The predicted octanol–water partition coefficient (Wildman–Crippen LogP) is 5.17. The van der Waals surface area contributed by atoms with Crippen LogP contribution in [-0.2, 0) is 6.54 Å². The lowest BCUT2D eigenvalue weighted by Crippen LogP contribution is -2.22. The van der Waals surface area contributed by atoms with Gasteiger partial charge in [0.2, 0.25) is 0 Å². The summed E-state index contributed by atoms with van der Waals surface area (Å²) in [6.45, 7) is 2.54. The standard InChI is InChI=1S/C25H21N3O2/c1-18-7-5-6-10-23(18)21-16-27-25(28-17-21)30-22-13-11-20(12-14-22)24(29)26-15-19-8-3-2-4-9-19/h2-14,16-17H,15H2,1H3,(H,26,29). The summed E-state index contributed by atoms with van der Waals surface area (Å²) in [5.74, 6) is 0.433. The molecule has 1 amide bonds. The van der Waals surface area contributed by atoms with E-state index in [4.69, 9.17) is 4.74 Å². The summed E-state index contributed by atoms with van der Waals surface area (Å²) in [5, 5.41) is 2.91. The van der Waals surface area contributed by atoms with E-state index in [1.807, 2.05) is 48.5 Å². The van der Waals surface area contributed by atoms with E-state index >= 15 is 0 Å². The fraction of sp³-hybridized carbons (Fsp3) is 0.0800. The quantitative estimate of drug-likeness (QED) is 0.489. The molecule has 4 rings (SSSR count). The highest BCUT2D eigenvalue weighted by atomic mass is 16.5. The highest BCUT2D eigenvalue weighted by Gasteiger charge is 2.08. The molecule has 1 N–H and O–H groups in total. The molecule has 0 unspecified atom stereocenters. The molecule has 0 aliphatic carbocycles. The van der Waals surface area contributed by atoms with Crippen molar-refractivity contribution in [3.63, 3.8) is 0 Å². The first-order valence-electron chi connectivity index (χ1n) is 9.67. The number of ether oxygens (including phenoxy) is 1. The van der Waals surface area contributed by atoms with Gasteiger partial charge in [0.05, 0.1) is 0 Å². The lowest BCUT2D eigenvalue weighted by molar-refractivity contribution is 0.0951. The number of nitrogens with one attached hydrogen (secondary N) is 1. The smallest absolute Gasteiger partial charge is 0.321 e. The number of amides is 1. The minimum absolute atomic E-state index is 0.135. The van der Waals surface area contributed by atoms with E-state index in [0.717, 1.165) is 22.3 Å². The number of carbonyl (C=O) groups excluding carboxylic acids is 1. The molecular weight excluding hydrogens is 374 g/mol. The second-order valence-corrected chi connectivity index (χ2v) is 6.86. The van der Waals surface area contributed by atoms with E-state index in [0.29, 0.717) is 17.9 Å². The summed E-state index contributed by atoms with van der Waals surface area (Å²) in [7, 11) is 0. The van der Waals surface area contributed by atoms with Crippen LogP contribution < -0.4 is 10.1 Å². The Bertz CT molecular complexity index is 1130. The van der Waals surface area contributed by atoms with Gasteiger partial charge in [0.25, 0.3) is 5.91 Å². The van der Waals surface area contributed by atoms with Crippen LogP contribution in [0.15, 0.2) is 91.3 Å². The van der Waals surface area contributed by atoms with Crippen LogP contribution >= 0.6 is 0 Å². The Morgan fingerprint density at radius 3 is 2.23 bits per heavy atom. The Labute approximate surface area is 175 Å². The van der Waals surface area contributed by atoms with Crippen LogP contribution in [0.1, 0.15) is 21.5 Å². The largest absolute Gasteiger partial charge is 0.424 e. The van der Waals surface area contributed by atoms with E-state index < -0.39 is 0 Å². The van der Waals surface area contributed by atoms with Crippen LogP contribution in [0.2, 0.25) is 0 Å². The molecular formula is C25H21N3O2. The van der Waals surface area contributed by atoms with E-state index in [9.17, 15) is 4.79 Å². The molecule has 0 spiro atoms. The Morgan fingerprint density at radius 2 is 1.53 bits per heavy atom. The van der Waals surface area contributed by atoms with Gasteiger partial charge >= 0.3 is 6.01 Å². The summed E-state index contributed by atoms with van der Waals surface area (Å²) in [6.07, 6.45) is 3.49. The lowest BCUT2D eigenvalue weighted by Gasteiger charge is -2.08. The van der Waals surface area contributed by atoms with Crippen molar-refractivity contribution >= 4 is 5.91 Å². The molecule has 5 nitrogen and oxygen atoms in total. The number of hydrogen-bond acceptors (Lipinski definition) is 4. The first-order chi connectivity index (χ1) is 14.7. The van der Waals surface area contributed by atoms with Gasteiger partial charge in [0.1, 0.15) is 5.75 Å². The van der Waals surface area contributed by atoms with Crippen LogP contribution in [0.25, 0.3) is 11.1 Å². The molecule has 5 heteroatoms. The second-order valence-electron chi connectivity index (χ2n) is 6.86. The molecule has 4 aromatic rings. The summed E-state index contributed by atoms with van der Waals surface area (Å²) in [6, 6.07) is 25.0.